The van der Waals surface area contributed by atoms with Gasteiger partial charge in [-0.05, 0) is 49.2 Å². The molecule has 1 aliphatic rings. The Labute approximate surface area is 196 Å². The molecule has 0 bridgehead atoms. The number of likely N-dealkylation sites (tertiary alicyclic amines) is 1. The highest BCUT2D eigenvalue weighted by Gasteiger charge is 2.31. The van der Waals surface area contributed by atoms with Crippen molar-refractivity contribution < 1.29 is 22.7 Å². The Balaban J connectivity index is 1.54. The largest absolute Gasteiger partial charge is 0.416 e. The van der Waals surface area contributed by atoms with Gasteiger partial charge < -0.3 is 25.3 Å². The van der Waals surface area contributed by atoms with Gasteiger partial charge in [-0.25, -0.2) is 4.98 Å². The molecule has 1 fully saturated rings. The number of hydrogen-bond donors (Lipinski definition) is 3. The van der Waals surface area contributed by atoms with E-state index < -0.39 is 17.3 Å². The number of nitrogens with two attached hydrogens (primary N) is 1. The van der Waals surface area contributed by atoms with Gasteiger partial charge in [0.2, 0.25) is 0 Å². The molecular weight excluding hydrogens is 463 g/mol. The van der Waals surface area contributed by atoms with E-state index in [1.165, 1.54) is 6.07 Å². The summed E-state index contributed by atoms with van der Waals surface area (Å²) in [5.74, 6) is -0.129. The number of fused-ring (bicyclic) bond motifs is 2. The molecule has 0 radical (unpaired) electrons. The zero-order valence-corrected chi connectivity index (χ0v) is 18.7. The molecule has 0 unspecified atom stereocenters. The van der Waals surface area contributed by atoms with Crippen molar-refractivity contribution in [3.05, 3.63) is 57.9 Å². The Bertz CT molecular complexity index is 1510. The number of aromatic amines is 2. The monoisotopic (exact) mass is 485 g/mol. The number of benzene rings is 2. The average molecular weight is 485 g/mol. The topological polar surface area (TPSA) is 117 Å². The SMILES string of the molecule is COC[C@H]1CCCN1C(=O)c1ccc2[nH]c(-c3nc4ccc(C(F)(F)F)cc4[nH]c3=O)c(N)c2c1. The summed E-state index contributed by atoms with van der Waals surface area (Å²) in [4.78, 5) is 37.4. The number of rotatable bonds is 4. The lowest BCUT2D eigenvalue weighted by Gasteiger charge is -2.24. The number of carbonyl (C=O) groups excluding carboxylic acids is 1. The summed E-state index contributed by atoms with van der Waals surface area (Å²) in [7, 11) is 1.60. The van der Waals surface area contributed by atoms with Crippen LogP contribution in [-0.2, 0) is 10.9 Å². The van der Waals surface area contributed by atoms with Crippen molar-refractivity contribution >= 4 is 33.5 Å². The smallest absolute Gasteiger partial charge is 0.396 e. The molecule has 1 atom stereocenters. The Hall–Kier alpha value is -3.86. The molecule has 1 amide bonds. The second kappa shape index (κ2) is 8.42. The van der Waals surface area contributed by atoms with Crippen molar-refractivity contribution in [3.63, 3.8) is 0 Å². The minimum absolute atomic E-state index is 0.0144. The first-order chi connectivity index (χ1) is 16.7. The number of nitrogen functional groups attached to an aromatic ring is 1. The Kier molecular flexibility index (Phi) is 5.51. The number of amides is 1. The van der Waals surface area contributed by atoms with Gasteiger partial charge >= 0.3 is 6.18 Å². The lowest BCUT2D eigenvalue weighted by Crippen LogP contribution is -2.38. The molecule has 0 spiro atoms. The number of nitrogens with zero attached hydrogens (tertiary/aromatic N) is 2. The summed E-state index contributed by atoms with van der Waals surface area (Å²) in [5, 5.41) is 0.544. The van der Waals surface area contributed by atoms with E-state index in [0.717, 1.165) is 25.0 Å². The maximum Gasteiger partial charge on any atom is 0.416 e. The van der Waals surface area contributed by atoms with Gasteiger partial charge in [-0.2, -0.15) is 13.2 Å². The van der Waals surface area contributed by atoms with E-state index in [0.29, 0.717) is 29.6 Å². The predicted octanol–water partition coefficient (Wildman–Crippen LogP) is 3.92. The van der Waals surface area contributed by atoms with Gasteiger partial charge in [-0.3, -0.25) is 9.59 Å². The number of carbonyl (C=O) groups is 1. The molecule has 35 heavy (non-hydrogen) atoms. The highest BCUT2D eigenvalue weighted by molar-refractivity contribution is 6.05. The van der Waals surface area contributed by atoms with E-state index in [1.54, 1.807) is 30.2 Å². The molecule has 3 heterocycles. The summed E-state index contributed by atoms with van der Waals surface area (Å²) < 4.78 is 44.3. The number of H-pyrrole nitrogens is 2. The fraction of sp³-hybridized carbons (Fsp3) is 0.292. The van der Waals surface area contributed by atoms with Crippen LogP contribution >= 0.6 is 0 Å². The van der Waals surface area contributed by atoms with E-state index in [4.69, 9.17) is 10.5 Å². The second-order valence-corrected chi connectivity index (χ2v) is 8.57. The third-order valence-corrected chi connectivity index (χ3v) is 6.34. The molecule has 2 aromatic heterocycles. The van der Waals surface area contributed by atoms with E-state index >= 15 is 0 Å². The minimum Gasteiger partial charge on any atom is -0.396 e. The molecule has 0 aliphatic carbocycles. The second-order valence-electron chi connectivity index (χ2n) is 8.57. The summed E-state index contributed by atoms with van der Waals surface area (Å²) in [5.41, 5.74) is 6.35. The normalized spacial score (nSPS) is 16.5. The Morgan fingerprint density at radius 3 is 2.74 bits per heavy atom. The fourth-order valence-electron chi connectivity index (χ4n) is 4.60. The van der Waals surface area contributed by atoms with Crippen molar-refractivity contribution in [2.24, 2.45) is 0 Å². The van der Waals surface area contributed by atoms with Crippen LogP contribution in [0.1, 0.15) is 28.8 Å². The summed E-state index contributed by atoms with van der Waals surface area (Å²) >= 11 is 0. The highest BCUT2D eigenvalue weighted by Crippen LogP contribution is 2.33. The van der Waals surface area contributed by atoms with E-state index in [2.05, 4.69) is 15.0 Å². The number of methoxy groups -OCH3 is 1. The van der Waals surface area contributed by atoms with Crippen molar-refractivity contribution in [2.45, 2.75) is 25.1 Å². The Morgan fingerprint density at radius 1 is 1.20 bits per heavy atom. The molecule has 182 valence electrons. The molecule has 0 saturated carbocycles. The van der Waals surface area contributed by atoms with Crippen LogP contribution in [0.3, 0.4) is 0 Å². The van der Waals surface area contributed by atoms with Crippen molar-refractivity contribution in [2.75, 3.05) is 26.0 Å². The number of aromatic nitrogens is 3. The van der Waals surface area contributed by atoms with Crippen LogP contribution in [0.15, 0.2) is 41.2 Å². The molecule has 4 aromatic rings. The van der Waals surface area contributed by atoms with Gasteiger partial charge in [0.1, 0.15) is 0 Å². The summed E-state index contributed by atoms with van der Waals surface area (Å²) in [6, 6.07) is 8.01. The van der Waals surface area contributed by atoms with E-state index in [9.17, 15) is 22.8 Å². The number of hydrogen-bond acceptors (Lipinski definition) is 5. The molecule has 1 saturated heterocycles. The average Bonchev–Trinajstić information content (AvgIpc) is 3.41. The van der Waals surface area contributed by atoms with E-state index in [-0.39, 0.29) is 40.1 Å². The third kappa shape index (κ3) is 4.01. The highest BCUT2D eigenvalue weighted by atomic mass is 19.4. The number of anilines is 1. The predicted molar refractivity (Wildman–Crippen MR) is 125 cm³/mol. The zero-order valence-electron chi connectivity index (χ0n) is 18.7. The van der Waals surface area contributed by atoms with Gasteiger partial charge in [-0.1, -0.05) is 0 Å². The van der Waals surface area contributed by atoms with Gasteiger partial charge in [0.15, 0.2) is 5.69 Å². The molecular formula is C24H22F3N5O3. The zero-order chi connectivity index (χ0) is 24.9. The first-order valence-corrected chi connectivity index (χ1v) is 11.0. The van der Waals surface area contributed by atoms with Crippen LogP contribution in [-0.4, -0.2) is 52.1 Å². The number of ether oxygens (including phenoxy) is 1. The van der Waals surface area contributed by atoms with Gasteiger partial charge in [-0.15, -0.1) is 0 Å². The maximum atomic E-state index is 13.1. The van der Waals surface area contributed by atoms with Crippen molar-refractivity contribution in [1.29, 1.82) is 0 Å². The molecule has 5 rings (SSSR count). The van der Waals surface area contributed by atoms with E-state index in [1.807, 2.05) is 0 Å². The van der Waals surface area contributed by atoms with Crippen LogP contribution < -0.4 is 11.3 Å². The van der Waals surface area contributed by atoms with Crippen LogP contribution in [0, 0.1) is 0 Å². The number of halogens is 3. The van der Waals surface area contributed by atoms with Gasteiger partial charge in [0, 0.05) is 30.1 Å². The van der Waals surface area contributed by atoms with Crippen LogP contribution in [0.5, 0.6) is 0 Å². The van der Waals surface area contributed by atoms with Crippen LogP contribution in [0.2, 0.25) is 0 Å². The standard InChI is InChI=1S/C24H22F3N5O3/c1-35-11-14-3-2-8-32(14)23(34)12-4-6-16-15(9-12)19(28)20(29-16)21-22(33)31-18-10-13(24(25,26)27)5-7-17(18)30-21/h4-7,9-10,14,29H,2-3,8,11,28H2,1H3,(H,31,33)/t14-/m1/s1. The van der Waals surface area contributed by atoms with Crippen molar-refractivity contribution in [3.8, 4) is 11.4 Å². The number of alkyl halides is 3. The van der Waals surface area contributed by atoms with Crippen molar-refractivity contribution in [1.82, 2.24) is 19.9 Å². The first kappa shape index (κ1) is 22.9. The summed E-state index contributed by atoms with van der Waals surface area (Å²) in [6.45, 7) is 1.11. The number of nitrogens with one attached hydrogen (secondary N) is 2. The Morgan fingerprint density at radius 2 is 2.00 bits per heavy atom. The van der Waals surface area contributed by atoms with Crippen LogP contribution in [0.4, 0.5) is 18.9 Å². The lowest BCUT2D eigenvalue weighted by atomic mass is 10.1. The maximum absolute atomic E-state index is 13.1. The molecule has 11 heteroatoms. The van der Waals surface area contributed by atoms with Gasteiger partial charge in [0.25, 0.3) is 11.5 Å². The lowest BCUT2D eigenvalue weighted by molar-refractivity contribution is -0.137. The fourth-order valence-corrected chi connectivity index (χ4v) is 4.60. The molecule has 8 nitrogen and oxygen atoms in total. The first-order valence-electron chi connectivity index (χ1n) is 11.0. The minimum atomic E-state index is -4.54. The summed E-state index contributed by atoms with van der Waals surface area (Å²) in [6.07, 6.45) is -2.77. The quantitative estimate of drug-likeness (QED) is 0.405. The molecule has 4 N–H and O–H groups in total. The third-order valence-electron chi connectivity index (χ3n) is 6.34. The molecule has 2 aromatic carbocycles. The van der Waals surface area contributed by atoms with Crippen LogP contribution in [0.25, 0.3) is 33.3 Å². The van der Waals surface area contributed by atoms with Gasteiger partial charge in [0.05, 0.1) is 40.6 Å². The molecule has 1 aliphatic heterocycles.